The average molecular weight is 733 g/mol. The molecule has 49 heavy (non-hydrogen) atoms. The van der Waals surface area contributed by atoms with Gasteiger partial charge in [0.2, 0.25) is 27.7 Å². The molecule has 0 bridgehead atoms. The summed E-state index contributed by atoms with van der Waals surface area (Å²) in [4.78, 5) is 57.0. The minimum atomic E-state index is -3.97. The average Bonchev–Trinajstić information content (AvgIpc) is 3.28. The lowest BCUT2D eigenvalue weighted by molar-refractivity contribution is -0.137. The summed E-state index contributed by atoms with van der Waals surface area (Å²) in [7, 11) is -3.97. The standard InChI is InChI=1S/C35H36Cl2FN3O7S/c1-6-30(43)41-27-16-21(37)10-13-25(27)35(33(41)45)26(18-29(42)39-31(35)23-17-22(38)12-9-19(23)4)24-15-20(36)11-14-28(24)48-34(7-2,8-3)32(44)40-49(5,46)47/h9-17,26,31H,6-8,18H2,1-5H3,(H,39,42)(H,40,44)/t26-,31+,35-/m1/s1. The van der Waals surface area contributed by atoms with Gasteiger partial charge in [-0.1, -0.05) is 56.1 Å². The summed E-state index contributed by atoms with van der Waals surface area (Å²) in [5, 5.41) is 3.41. The third-order valence-electron chi connectivity index (χ3n) is 9.49. The van der Waals surface area contributed by atoms with Crippen molar-refractivity contribution >= 4 is 62.5 Å². The first-order valence-corrected chi connectivity index (χ1v) is 18.4. The smallest absolute Gasteiger partial charge is 0.277 e. The van der Waals surface area contributed by atoms with Gasteiger partial charge in [-0.3, -0.25) is 19.2 Å². The molecule has 0 saturated carbocycles. The van der Waals surface area contributed by atoms with Crippen molar-refractivity contribution in [2.45, 2.75) is 76.4 Å². The van der Waals surface area contributed by atoms with E-state index in [9.17, 15) is 27.2 Å². The number of carbonyl (C=O) groups is 4. The van der Waals surface area contributed by atoms with E-state index >= 15 is 4.79 Å². The van der Waals surface area contributed by atoms with E-state index in [0.29, 0.717) is 16.7 Å². The second-order valence-corrected chi connectivity index (χ2v) is 15.0. The monoisotopic (exact) mass is 731 g/mol. The van der Waals surface area contributed by atoms with Crippen LogP contribution < -0.4 is 19.7 Å². The number of anilines is 1. The van der Waals surface area contributed by atoms with E-state index < -0.39 is 62.4 Å². The number of carbonyl (C=O) groups excluding carboxylic acids is 4. The number of nitrogens with zero attached hydrogens (tertiary/aromatic N) is 1. The first-order chi connectivity index (χ1) is 23.0. The molecular formula is C35H36Cl2FN3O7S. The number of nitrogens with one attached hydrogen (secondary N) is 2. The normalized spacial score (nSPS) is 20.6. The van der Waals surface area contributed by atoms with Gasteiger partial charge in [0, 0.05) is 34.4 Å². The van der Waals surface area contributed by atoms with Gasteiger partial charge < -0.3 is 10.1 Å². The van der Waals surface area contributed by atoms with Crippen molar-refractivity contribution in [1.82, 2.24) is 10.0 Å². The molecule has 3 atom stereocenters. The van der Waals surface area contributed by atoms with Crippen molar-refractivity contribution in [3.05, 3.63) is 92.7 Å². The van der Waals surface area contributed by atoms with Crippen molar-refractivity contribution in [3.63, 3.8) is 0 Å². The molecule has 260 valence electrons. The van der Waals surface area contributed by atoms with Crippen LogP contribution in [0.4, 0.5) is 10.1 Å². The molecule has 4 amide bonds. The molecule has 1 spiro atoms. The lowest BCUT2D eigenvalue weighted by atomic mass is 9.58. The number of aryl methyl sites for hydroxylation is 1. The third-order valence-corrected chi connectivity index (χ3v) is 10.5. The lowest BCUT2D eigenvalue weighted by Crippen LogP contribution is -2.59. The fourth-order valence-corrected chi connectivity index (χ4v) is 7.94. The van der Waals surface area contributed by atoms with Crippen molar-refractivity contribution < 1.29 is 36.7 Å². The Balaban J connectivity index is 1.85. The number of amides is 4. The number of ether oxygens (including phenoxy) is 1. The summed E-state index contributed by atoms with van der Waals surface area (Å²) in [6, 6.07) is 12.1. The number of rotatable bonds is 9. The van der Waals surface area contributed by atoms with E-state index in [1.165, 1.54) is 42.5 Å². The maximum Gasteiger partial charge on any atom is 0.277 e. The Bertz CT molecular complexity index is 1990. The van der Waals surface area contributed by atoms with Crippen molar-refractivity contribution in [1.29, 1.82) is 0 Å². The first-order valence-electron chi connectivity index (χ1n) is 15.8. The number of benzene rings is 3. The van der Waals surface area contributed by atoms with Crippen molar-refractivity contribution in [2.24, 2.45) is 0 Å². The molecule has 1 fully saturated rings. The second kappa shape index (κ2) is 13.4. The highest BCUT2D eigenvalue weighted by atomic mass is 35.5. The molecule has 10 nitrogen and oxygen atoms in total. The Morgan fingerprint density at radius 1 is 1.02 bits per heavy atom. The zero-order valence-corrected chi connectivity index (χ0v) is 29.9. The van der Waals surface area contributed by atoms with Crippen LogP contribution in [-0.2, 0) is 34.6 Å². The number of fused-ring (bicyclic) bond motifs is 2. The van der Waals surface area contributed by atoms with Crippen LogP contribution in [0.3, 0.4) is 0 Å². The molecule has 2 aliphatic rings. The summed E-state index contributed by atoms with van der Waals surface area (Å²) >= 11 is 13.0. The predicted octanol–water partition coefficient (Wildman–Crippen LogP) is 6.02. The van der Waals surface area contributed by atoms with Gasteiger partial charge in [0.05, 0.1) is 18.0 Å². The fraction of sp³-hybridized carbons (Fsp3) is 0.371. The molecule has 2 N–H and O–H groups in total. The zero-order chi connectivity index (χ0) is 36.1. The predicted molar refractivity (Wildman–Crippen MR) is 184 cm³/mol. The molecule has 1 saturated heterocycles. The van der Waals surface area contributed by atoms with Gasteiger partial charge in [0.1, 0.15) is 17.0 Å². The summed E-state index contributed by atoms with van der Waals surface area (Å²) in [6.07, 6.45) is 0.613. The third kappa shape index (κ3) is 6.30. The molecular weight excluding hydrogens is 696 g/mol. The molecule has 0 aliphatic carbocycles. The van der Waals surface area contributed by atoms with Crippen molar-refractivity contribution in [2.75, 3.05) is 11.2 Å². The zero-order valence-electron chi connectivity index (χ0n) is 27.5. The van der Waals surface area contributed by atoms with Crippen LogP contribution >= 0.6 is 23.2 Å². The topological polar surface area (TPSA) is 139 Å². The Kier molecular flexibility index (Phi) is 9.90. The summed E-state index contributed by atoms with van der Waals surface area (Å²) in [5.41, 5.74) is -1.75. The molecule has 5 rings (SSSR count). The highest BCUT2D eigenvalue weighted by Crippen LogP contribution is 2.61. The molecule has 0 aromatic heterocycles. The highest BCUT2D eigenvalue weighted by Gasteiger charge is 2.65. The SMILES string of the molecule is CCC(=O)N1C(=O)[C@]2(c3ccc(Cl)cc31)[C@@H](c1cc(Cl)ccc1OC(CC)(CC)C(=O)NS(C)(=O)=O)CC(=O)N[C@H]2c1cc(F)ccc1C. The molecule has 0 radical (unpaired) electrons. The summed E-state index contributed by atoms with van der Waals surface area (Å²) in [6.45, 7) is 6.65. The van der Waals surface area contributed by atoms with Gasteiger partial charge in [-0.05, 0) is 78.9 Å². The van der Waals surface area contributed by atoms with Crippen LogP contribution in [0.15, 0.2) is 54.6 Å². The Morgan fingerprint density at radius 3 is 2.31 bits per heavy atom. The van der Waals surface area contributed by atoms with Gasteiger partial charge >= 0.3 is 0 Å². The summed E-state index contributed by atoms with van der Waals surface area (Å²) < 4.78 is 47.6. The van der Waals surface area contributed by atoms with E-state index in [-0.39, 0.29) is 52.7 Å². The van der Waals surface area contributed by atoms with Crippen LogP contribution in [0.25, 0.3) is 0 Å². The van der Waals surface area contributed by atoms with Gasteiger partial charge in [-0.25, -0.2) is 22.4 Å². The van der Waals surface area contributed by atoms with Gasteiger partial charge in [0.25, 0.3) is 5.91 Å². The number of hydrogen-bond donors (Lipinski definition) is 2. The molecule has 2 heterocycles. The van der Waals surface area contributed by atoms with Crippen LogP contribution in [0.2, 0.25) is 10.0 Å². The quantitative estimate of drug-likeness (QED) is 0.275. The molecule has 3 aromatic rings. The minimum absolute atomic E-state index is 0.0368. The summed E-state index contributed by atoms with van der Waals surface area (Å²) in [5.74, 6) is -4.22. The number of hydrogen-bond acceptors (Lipinski definition) is 7. The number of imide groups is 1. The van der Waals surface area contributed by atoms with Gasteiger partial charge in [-0.2, -0.15) is 0 Å². The van der Waals surface area contributed by atoms with Gasteiger partial charge in [-0.15, -0.1) is 0 Å². The number of halogens is 3. The molecule has 14 heteroatoms. The molecule has 0 unspecified atom stereocenters. The second-order valence-electron chi connectivity index (χ2n) is 12.4. The fourth-order valence-electron chi connectivity index (χ4n) is 7.07. The highest BCUT2D eigenvalue weighted by molar-refractivity contribution is 7.89. The van der Waals surface area contributed by atoms with E-state index in [0.717, 1.165) is 11.2 Å². The van der Waals surface area contributed by atoms with E-state index in [1.807, 2.05) is 4.72 Å². The van der Waals surface area contributed by atoms with Crippen LogP contribution in [0, 0.1) is 12.7 Å². The first kappa shape index (κ1) is 36.3. The van der Waals surface area contributed by atoms with E-state index in [4.69, 9.17) is 27.9 Å². The minimum Gasteiger partial charge on any atom is -0.477 e. The number of piperidine rings is 1. The van der Waals surface area contributed by atoms with Crippen molar-refractivity contribution in [3.8, 4) is 5.75 Å². The van der Waals surface area contributed by atoms with E-state index in [2.05, 4.69) is 5.32 Å². The maximum absolute atomic E-state index is 15.2. The van der Waals surface area contributed by atoms with Gasteiger partial charge in [0.15, 0.2) is 5.60 Å². The maximum atomic E-state index is 15.2. The van der Waals surface area contributed by atoms with Crippen LogP contribution in [0.1, 0.15) is 80.7 Å². The Morgan fingerprint density at radius 2 is 1.67 bits per heavy atom. The van der Waals surface area contributed by atoms with E-state index in [1.54, 1.807) is 39.8 Å². The van der Waals surface area contributed by atoms with Crippen LogP contribution in [0.5, 0.6) is 5.75 Å². The number of sulfonamides is 1. The lowest BCUT2D eigenvalue weighted by Gasteiger charge is -2.47. The largest absolute Gasteiger partial charge is 0.477 e. The molecule has 3 aromatic carbocycles. The van der Waals surface area contributed by atoms with Crippen LogP contribution in [-0.4, -0.2) is 43.9 Å². The Hall–Kier alpha value is -4.00. The Labute approximate surface area is 294 Å². The molecule has 2 aliphatic heterocycles.